The van der Waals surface area contributed by atoms with Crippen molar-refractivity contribution in [1.82, 2.24) is 4.98 Å². The number of carbonyl (C=O) groups is 2. The highest BCUT2D eigenvalue weighted by Gasteiger charge is 2.33. The monoisotopic (exact) mass is 438 g/mol. The molecule has 0 unspecified atom stereocenters. The zero-order chi connectivity index (χ0) is 21.4. The van der Waals surface area contributed by atoms with Gasteiger partial charge in [-0.3, -0.25) is 9.69 Å². The first-order chi connectivity index (χ1) is 14.3. The Kier molecular flexibility index (Phi) is 5.27. The molecule has 2 N–H and O–H groups in total. The fourth-order valence-corrected chi connectivity index (χ4v) is 4.45. The standard InChI is InChI=1S/C22H15FN2O3S2/c1-12-4-2-5-14(10-12)25-20(26)18(30-22(25)29)11-13-8-9-17(24-13)15-6-3-7-16(19(15)23)21(27)28/h2-11,24H,1H3,(H,27,28)/b18-11-. The SMILES string of the molecule is Cc1cccc(N2C(=O)/C(=C/c3ccc(-c4cccc(C(=O)O)c4F)[nH]3)SC2=S)c1. The van der Waals surface area contributed by atoms with Gasteiger partial charge in [-0.2, -0.15) is 0 Å². The number of hydrogen-bond donors (Lipinski definition) is 2. The van der Waals surface area contributed by atoms with Gasteiger partial charge in [0.1, 0.15) is 5.82 Å². The van der Waals surface area contributed by atoms with E-state index in [0.717, 1.165) is 5.56 Å². The third kappa shape index (κ3) is 3.67. The maximum absolute atomic E-state index is 14.5. The first-order valence-corrected chi connectivity index (χ1v) is 10.1. The highest BCUT2D eigenvalue weighted by molar-refractivity contribution is 8.27. The highest BCUT2D eigenvalue weighted by Crippen LogP contribution is 2.36. The molecule has 0 spiro atoms. The van der Waals surface area contributed by atoms with Crippen LogP contribution in [0.15, 0.2) is 59.5 Å². The topological polar surface area (TPSA) is 73.4 Å². The molecular weight excluding hydrogens is 423 g/mol. The van der Waals surface area contributed by atoms with Crippen LogP contribution in [0, 0.1) is 12.7 Å². The van der Waals surface area contributed by atoms with Crippen LogP contribution < -0.4 is 4.90 Å². The van der Waals surface area contributed by atoms with Gasteiger partial charge in [0, 0.05) is 17.0 Å². The number of halogens is 1. The summed E-state index contributed by atoms with van der Waals surface area (Å²) in [5, 5.41) is 9.11. The largest absolute Gasteiger partial charge is 0.478 e. The number of carboxylic acids is 1. The lowest BCUT2D eigenvalue weighted by Crippen LogP contribution is -2.27. The summed E-state index contributed by atoms with van der Waals surface area (Å²) in [6, 6.07) is 15.0. The van der Waals surface area contributed by atoms with Crippen molar-refractivity contribution >= 4 is 51.9 Å². The Balaban J connectivity index is 1.64. The predicted octanol–water partition coefficient (Wildman–Crippen LogP) is 5.23. The molecule has 3 aromatic rings. The molecular formula is C22H15FN2O3S2. The van der Waals surface area contributed by atoms with Crippen molar-refractivity contribution in [3.63, 3.8) is 0 Å². The number of benzene rings is 2. The zero-order valence-electron chi connectivity index (χ0n) is 15.7. The average molecular weight is 439 g/mol. The van der Waals surface area contributed by atoms with Crippen LogP contribution in [-0.2, 0) is 4.79 Å². The Morgan fingerprint density at radius 1 is 1.20 bits per heavy atom. The van der Waals surface area contributed by atoms with Gasteiger partial charge in [-0.15, -0.1) is 0 Å². The second kappa shape index (κ2) is 7.89. The number of aryl methyl sites for hydroxylation is 1. The van der Waals surface area contributed by atoms with E-state index >= 15 is 0 Å². The van der Waals surface area contributed by atoms with Crippen molar-refractivity contribution in [3.8, 4) is 11.3 Å². The number of aromatic nitrogens is 1. The van der Waals surface area contributed by atoms with Gasteiger partial charge in [-0.05, 0) is 55.0 Å². The van der Waals surface area contributed by atoms with Crippen molar-refractivity contribution in [2.75, 3.05) is 4.90 Å². The van der Waals surface area contributed by atoms with E-state index in [9.17, 15) is 14.0 Å². The van der Waals surface area contributed by atoms with Crippen LogP contribution in [0.5, 0.6) is 0 Å². The minimum Gasteiger partial charge on any atom is -0.478 e. The molecule has 8 heteroatoms. The van der Waals surface area contributed by atoms with Crippen molar-refractivity contribution in [1.29, 1.82) is 0 Å². The molecule has 0 saturated carbocycles. The smallest absolute Gasteiger partial charge is 0.338 e. The number of carbonyl (C=O) groups excluding carboxylic acids is 1. The first kappa shape index (κ1) is 20.1. The number of nitrogens with one attached hydrogen (secondary N) is 1. The molecule has 1 amide bonds. The molecule has 30 heavy (non-hydrogen) atoms. The molecule has 150 valence electrons. The number of rotatable bonds is 4. The number of aromatic amines is 1. The van der Waals surface area contributed by atoms with Crippen molar-refractivity contribution in [3.05, 3.63) is 82.1 Å². The summed E-state index contributed by atoms with van der Waals surface area (Å²) in [4.78, 5) is 29.0. The third-order valence-corrected chi connectivity index (χ3v) is 5.87. The van der Waals surface area contributed by atoms with E-state index < -0.39 is 17.3 Å². The Labute approximate surface area is 181 Å². The number of thioether (sulfide) groups is 1. The number of thiocarbonyl (C=S) groups is 1. The Hall–Kier alpha value is -3.23. The van der Waals surface area contributed by atoms with Crippen LogP contribution in [0.4, 0.5) is 10.1 Å². The van der Waals surface area contributed by atoms with E-state index in [0.29, 0.717) is 26.3 Å². The molecule has 2 heterocycles. The van der Waals surface area contributed by atoms with Gasteiger partial charge in [-0.1, -0.05) is 42.2 Å². The number of amides is 1. The van der Waals surface area contributed by atoms with Crippen molar-refractivity contribution in [2.45, 2.75) is 6.92 Å². The highest BCUT2D eigenvalue weighted by atomic mass is 32.2. The van der Waals surface area contributed by atoms with Gasteiger partial charge in [0.05, 0.1) is 16.2 Å². The van der Waals surface area contributed by atoms with Gasteiger partial charge >= 0.3 is 5.97 Å². The predicted molar refractivity (Wildman–Crippen MR) is 120 cm³/mol. The van der Waals surface area contributed by atoms with Crippen LogP contribution in [0.1, 0.15) is 21.6 Å². The third-order valence-electron chi connectivity index (χ3n) is 4.57. The average Bonchev–Trinajstić information content (AvgIpc) is 3.26. The lowest BCUT2D eigenvalue weighted by atomic mass is 10.1. The quantitative estimate of drug-likeness (QED) is 0.431. The zero-order valence-corrected chi connectivity index (χ0v) is 17.3. The van der Waals surface area contributed by atoms with Gasteiger partial charge in [-0.25, -0.2) is 9.18 Å². The molecule has 1 saturated heterocycles. The number of carboxylic acid groups (broad SMARTS) is 1. The molecule has 5 nitrogen and oxygen atoms in total. The molecule has 0 bridgehead atoms. The molecule has 1 aliphatic heterocycles. The van der Waals surface area contributed by atoms with Gasteiger partial charge in [0.2, 0.25) is 0 Å². The molecule has 0 atom stereocenters. The van der Waals surface area contributed by atoms with Gasteiger partial charge in [0.15, 0.2) is 4.32 Å². The lowest BCUT2D eigenvalue weighted by Gasteiger charge is -2.14. The fraction of sp³-hybridized carbons (Fsp3) is 0.0455. The summed E-state index contributed by atoms with van der Waals surface area (Å²) in [5.41, 5.74) is 2.46. The number of aromatic carboxylic acids is 1. The summed E-state index contributed by atoms with van der Waals surface area (Å²) < 4.78 is 14.9. The van der Waals surface area contributed by atoms with Crippen molar-refractivity contribution in [2.24, 2.45) is 0 Å². The maximum atomic E-state index is 14.5. The van der Waals surface area contributed by atoms with E-state index in [1.54, 1.807) is 18.2 Å². The Bertz CT molecular complexity index is 1230. The minimum atomic E-state index is -1.33. The summed E-state index contributed by atoms with van der Waals surface area (Å²) in [6.45, 7) is 1.94. The van der Waals surface area contributed by atoms with Crippen LogP contribution in [0.25, 0.3) is 17.3 Å². The summed E-state index contributed by atoms with van der Waals surface area (Å²) in [6.07, 6.45) is 1.65. The van der Waals surface area contributed by atoms with Gasteiger partial charge in [0.25, 0.3) is 5.91 Å². The normalized spacial score (nSPS) is 15.3. The van der Waals surface area contributed by atoms with Crippen LogP contribution in [0.2, 0.25) is 0 Å². The van der Waals surface area contributed by atoms with E-state index in [1.165, 1.54) is 34.9 Å². The van der Waals surface area contributed by atoms with E-state index in [-0.39, 0.29) is 11.5 Å². The number of nitrogens with zero attached hydrogens (tertiary/aromatic N) is 1. The number of anilines is 1. The molecule has 4 rings (SSSR count). The van der Waals surface area contributed by atoms with Crippen LogP contribution >= 0.6 is 24.0 Å². The molecule has 0 radical (unpaired) electrons. The Morgan fingerprint density at radius 2 is 1.97 bits per heavy atom. The minimum absolute atomic E-state index is 0.141. The summed E-state index contributed by atoms with van der Waals surface area (Å²) >= 11 is 6.57. The second-order valence-corrected chi connectivity index (χ2v) is 8.33. The fourth-order valence-electron chi connectivity index (χ4n) is 3.16. The molecule has 1 aromatic heterocycles. The molecule has 0 aliphatic carbocycles. The lowest BCUT2D eigenvalue weighted by molar-refractivity contribution is -0.113. The van der Waals surface area contributed by atoms with E-state index in [1.807, 2.05) is 31.2 Å². The molecule has 2 aromatic carbocycles. The first-order valence-electron chi connectivity index (χ1n) is 8.91. The van der Waals surface area contributed by atoms with Gasteiger partial charge < -0.3 is 10.1 Å². The summed E-state index contributed by atoms with van der Waals surface area (Å²) in [5.74, 6) is -2.38. The van der Waals surface area contributed by atoms with E-state index in [2.05, 4.69) is 4.98 Å². The van der Waals surface area contributed by atoms with Crippen LogP contribution in [-0.4, -0.2) is 26.3 Å². The molecule has 1 fully saturated rings. The molecule has 1 aliphatic rings. The van der Waals surface area contributed by atoms with Crippen molar-refractivity contribution < 1.29 is 19.1 Å². The second-order valence-electron chi connectivity index (χ2n) is 6.66. The van der Waals surface area contributed by atoms with Crippen LogP contribution in [0.3, 0.4) is 0 Å². The number of H-pyrrole nitrogens is 1. The summed E-state index contributed by atoms with van der Waals surface area (Å²) in [7, 11) is 0. The van der Waals surface area contributed by atoms with E-state index in [4.69, 9.17) is 17.3 Å². The maximum Gasteiger partial charge on any atom is 0.338 e. The number of hydrogen-bond acceptors (Lipinski definition) is 4. The Morgan fingerprint density at radius 3 is 2.70 bits per heavy atom.